The van der Waals surface area contributed by atoms with E-state index < -0.39 is 0 Å². The number of carbonyl (C=O) groups is 1. The highest BCUT2D eigenvalue weighted by atomic mass is 16.5. The van der Waals surface area contributed by atoms with Gasteiger partial charge >= 0.3 is 0 Å². The fraction of sp³-hybridized carbons (Fsp3) is 0.588. The predicted octanol–water partition coefficient (Wildman–Crippen LogP) is 2.24. The fourth-order valence-electron chi connectivity index (χ4n) is 2.80. The van der Waals surface area contributed by atoms with Crippen LogP contribution < -0.4 is 20.1 Å². The molecule has 0 spiro atoms. The number of hydrogen-bond acceptors (Lipinski definition) is 4. The molecular weight excluding hydrogens is 280 g/mol. The van der Waals surface area contributed by atoms with Crippen molar-refractivity contribution >= 4 is 5.91 Å². The fourth-order valence-corrected chi connectivity index (χ4v) is 2.80. The minimum atomic E-state index is 0.0697. The van der Waals surface area contributed by atoms with Crippen molar-refractivity contribution in [2.24, 2.45) is 0 Å². The molecule has 5 nitrogen and oxygen atoms in total. The molecule has 1 fully saturated rings. The quantitative estimate of drug-likeness (QED) is 0.773. The molecule has 1 aromatic rings. The van der Waals surface area contributed by atoms with Gasteiger partial charge < -0.3 is 20.1 Å². The Bertz CT molecular complexity index is 485. The first-order chi connectivity index (χ1) is 10.7. The first kappa shape index (κ1) is 16.6. The Labute approximate surface area is 132 Å². The molecule has 0 aromatic heterocycles. The first-order valence-corrected chi connectivity index (χ1v) is 7.94. The molecule has 0 unspecified atom stereocenters. The SMILES string of the molecule is COc1ccc(CNC(=O)CCNC2CCCC2)cc1OC. The lowest BCUT2D eigenvalue weighted by atomic mass is 10.2. The van der Waals surface area contributed by atoms with Crippen LogP contribution in [-0.2, 0) is 11.3 Å². The molecule has 0 bridgehead atoms. The van der Waals surface area contributed by atoms with Crippen molar-refractivity contribution in [2.45, 2.75) is 44.7 Å². The van der Waals surface area contributed by atoms with Crippen LogP contribution >= 0.6 is 0 Å². The monoisotopic (exact) mass is 306 g/mol. The summed E-state index contributed by atoms with van der Waals surface area (Å²) in [5, 5.41) is 6.38. The highest BCUT2D eigenvalue weighted by molar-refractivity contribution is 5.76. The minimum Gasteiger partial charge on any atom is -0.493 e. The Morgan fingerprint density at radius 1 is 1.18 bits per heavy atom. The molecule has 0 atom stereocenters. The summed E-state index contributed by atoms with van der Waals surface area (Å²) < 4.78 is 10.5. The van der Waals surface area contributed by atoms with E-state index in [1.807, 2.05) is 18.2 Å². The second-order valence-corrected chi connectivity index (χ2v) is 5.65. The molecule has 1 aromatic carbocycles. The van der Waals surface area contributed by atoms with Gasteiger partial charge in [-0.2, -0.15) is 0 Å². The Morgan fingerprint density at radius 3 is 2.59 bits per heavy atom. The lowest BCUT2D eigenvalue weighted by Gasteiger charge is -2.12. The molecule has 2 N–H and O–H groups in total. The van der Waals surface area contributed by atoms with E-state index in [-0.39, 0.29) is 5.91 Å². The lowest BCUT2D eigenvalue weighted by Crippen LogP contribution is -2.31. The van der Waals surface area contributed by atoms with Crippen molar-refractivity contribution < 1.29 is 14.3 Å². The minimum absolute atomic E-state index is 0.0697. The number of nitrogens with one attached hydrogen (secondary N) is 2. The number of hydrogen-bond donors (Lipinski definition) is 2. The summed E-state index contributed by atoms with van der Waals surface area (Å²) in [6.07, 6.45) is 5.62. The van der Waals surface area contributed by atoms with E-state index in [1.165, 1.54) is 25.7 Å². The molecule has 0 heterocycles. The van der Waals surface area contributed by atoms with Gasteiger partial charge in [-0.1, -0.05) is 18.9 Å². The van der Waals surface area contributed by atoms with Crippen LogP contribution in [-0.4, -0.2) is 32.7 Å². The third kappa shape index (κ3) is 4.91. The van der Waals surface area contributed by atoms with Crippen molar-refractivity contribution in [1.82, 2.24) is 10.6 Å². The van der Waals surface area contributed by atoms with E-state index in [1.54, 1.807) is 14.2 Å². The highest BCUT2D eigenvalue weighted by Crippen LogP contribution is 2.27. The molecule has 0 radical (unpaired) electrons. The number of carbonyl (C=O) groups excluding carboxylic acids is 1. The largest absolute Gasteiger partial charge is 0.493 e. The lowest BCUT2D eigenvalue weighted by molar-refractivity contribution is -0.121. The molecule has 1 aliphatic carbocycles. The van der Waals surface area contributed by atoms with Crippen molar-refractivity contribution in [2.75, 3.05) is 20.8 Å². The number of amides is 1. The molecule has 0 aliphatic heterocycles. The van der Waals surface area contributed by atoms with Gasteiger partial charge in [-0.15, -0.1) is 0 Å². The van der Waals surface area contributed by atoms with Gasteiger partial charge in [-0.05, 0) is 30.5 Å². The first-order valence-electron chi connectivity index (χ1n) is 7.94. The highest BCUT2D eigenvalue weighted by Gasteiger charge is 2.14. The van der Waals surface area contributed by atoms with E-state index in [0.29, 0.717) is 30.5 Å². The van der Waals surface area contributed by atoms with Gasteiger partial charge in [0.15, 0.2) is 11.5 Å². The topological polar surface area (TPSA) is 59.6 Å². The van der Waals surface area contributed by atoms with Gasteiger partial charge in [-0.25, -0.2) is 0 Å². The summed E-state index contributed by atoms with van der Waals surface area (Å²) in [5.41, 5.74) is 0.995. The molecule has 1 aliphatic rings. The molecule has 0 saturated heterocycles. The van der Waals surface area contributed by atoms with Crippen molar-refractivity contribution in [3.63, 3.8) is 0 Å². The van der Waals surface area contributed by atoms with Crippen LogP contribution in [0.2, 0.25) is 0 Å². The number of ether oxygens (including phenoxy) is 2. The van der Waals surface area contributed by atoms with Crippen LogP contribution in [0.5, 0.6) is 11.5 Å². The second kappa shape index (κ2) is 8.63. The standard InChI is InChI=1S/C17H26N2O3/c1-21-15-8-7-13(11-16(15)22-2)12-19-17(20)9-10-18-14-5-3-4-6-14/h7-8,11,14,18H,3-6,9-10,12H2,1-2H3,(H,19,20). The van der Waals surface area contributed by atoms with Crippen molar-refractivity contribution in [1.29, 1.82) is 0 Å². The Morgan fingerprint density at radius 2 is 1.91 bits per heavy atom. The van der Waals surface area contributed by atoms with Crippen LogP contribution in [0.1, 0.15) is 37.7 Å². The number of rotatable bonds is 8. The van der Waals surface area contributed by atoms with Crippen LogP contribution in [0.15, 0.2) is 18.2 Å². The molecular formula is C17H26N2O3. The maximum atomic E-state index is 11.9. The van der Waals surface area contributed by atoms with Crippen LogP contribution in [0, 0.1) is 0 Å². The van der Waals surface area contributed by atoms with Gasteiger partial charge in [0, 0.05) is 25.6 Å². The molecule has 22 heavy (non-hydrogen) atoms. The van der Waals surface area contributed by atoms with Crippen molar-refractivity contribution in [3.05, 3.63) is 23.8 Å². The van der Waals surface area contributed by atoms with E-state index >= 15 is 0 Å². The summed E-state index contributed by atoms with van der Waals surface area (Å²) in [6, 6.07) is 6.27. The summed E-state index contributed by atoms with van der Waals surface area (Å²) in [4.78, 5) is 11.9. The smallest absolute Gasteiger partial charge is 0.221 e. The molecule has 122 valence electrons. The molecule has 5 heteroatoms. The van der Waals surface area contributed by atoms with E-state index in [4.69, 9.17) is 9.47 Å². The van der Waals surface area contributed by atoms with Crippen molar-refractivity contribution in [3.8, 4) is 11.5 Å². The summed E-state index contributed by atoms with van der Waals surface area (Å²) in [5.74, 6) is 1.44. The van der Waals surface area contributed by atoms with Gasteiger partial charge in [0.25, 0.3) is 0 Å². The Hall–Kier alpha value is -1.75. The maximum Gasteiger partial charge on any atom is 0.221 e. The second-order valence-electron chi connectivity index (χ2n) is 5.65. The van der Waals surface area contributed by atoms with E-state index in [9.17, 15) is 4.79 Å². The zero-order valence-electron chi connectivity index (χ0n) is 13.5. The number of methoxy groups -OCH3 is 2. The van der Waals surface area contributed by atoms with Crippen LogP contribution in [0.3, 0.4) is 0 Å². The molecule has 1 saturated carbocycles. The Kier molecular flexibility index (Phi) is 6.52. The normalized spacial score (nSPS) is 14.8. The summed E-state index contributed by atoms with van der Waals surface area (Å²) in [7, 11) is 3.21. The third-order valence-corrected chi connectivity index (χ3v) is 4.08. The predicted molar refractivity (Wildman–Crippen MR) is 86.3 cm³/mol. The van der Waals surface area contributed by atoms with Gasteiger partial charge in [0.05, 0.1) is 14.2 Å². The van der Waals surface area contributed by atoms with E-state index in [0.717, 1.165) is 12.1 Å². The summed E-state index contributed by atoms with van der Waals surface area (Å²) >= 11 is 0. The van der Waals surface area contributed by atoms with Crippen LogP contribution in [0.25, 0.3) is 0 Å². The third-order valence-electron chi connectivity index (χ3n) is 4.08. The zero-order chi connectivity index (χ0) is 15.8. The molecule has 1 amide bonds. The Balaban J connectivity index is 1.71. The van der Waals surface area contributed by atoms with Crippen LogP contribution in [0.4, 0.5) is 0 Å². The van der Waals surface area contributed by atoms with Gasteiger partial charge in [-0.3, -0.25) is 4.79 Å². The van der Waals surface area contributed by atoms with Gasteiger partial charge in [0.2, 0.25) is 5.91 Å². The van der Waals surface area contributed by atoms with E-state index in [2.05, 4.69) is 10.6 Å². The summed E-state index contributed by atoms with van der Waals surface area (Å²) in [6.45, 7) is 1.26. The maximum absolute atomic E-state index is 11.9. The molecule has 2 rings (SSSR count). The zero-order valence-corrected chi connectivity index (χ0v) is 13.5. The number of benzene rings is 1. The average molecular weight is 306 g/mol. The average Bonchev–Trinajstić information content (AvgIpc) is 3.06. The van der Waals surface area contributed by atoms with Gasteiger partial charge in [0.1, 0.15) is 0 Å².